The maximum absolute atomic E-state index is 14.3. The Kier molecular flexibility index (Phi) is 6.15. The molecule has 4 rings (SSSR count). The van der Waals surface area contributed by atoms with Crippen LogP contribution < -0.4 is 20.3 Å². The van der Waals surface area contributed by atoms with E-state index in [-0.39, 0.29) is 24.1 Å². The van der Waals surface area contributed by atoms with Crippen LogP contribution in [0.15, 0.2) is 36.8 Å². The first-order valence-corrected chi connectivity index (χ1v) is 11.8. The summed E-state index contributed by atoms with van der Waals surface area (Å²) >= 11 is 0. The first kappa shape index (κ1) is 21.8. The second-order valence-electron chi connectivity index (χ2n) is 7.34. The first-order valence-electron chi connectivity index (χ1n) is 9.91. The van der Waals surface area contributed by atoms with Gasteiger partial charge in [-0.2, -0.15) is 4.98 Å². The monoisotopic (exact) mass is 458 g/mol. The van der Waals surface area contributed by atoms with E-state index in [9.17, 15) is 12.8 Å². The van der Waals surface area contributed by atoms with Gasteiger partial charge in [0.05, 0.1) is 19.0 Å². The van der Waals surface area contributed by atoms with Crippen LogP contribution in [0.25, 0.3) is 0 Å². The SMILES string of the molecule is CN(c1nccnc1CNc1nc(Nc2ccc3c(c2)CCNC3)ncc1F)S(C)(=O)=O. The van der Waals surface area contributed by atoms with E-state index in [1.807, 2.05) is 18.2 Å². The van der Waals surface area contributed by atoms with Gasteiger partial charge >= 0.3 is 0 Å². The van der Waals surface area contributed by atoms with Gasteiger partial charge in [0.2, 0.25) is 16.0 Å². The van der Waals surface area contributed by atoms with Gasteiger partial charge in [-0.1, -0.05) is 6.07 Å². The average Bonchev–Trinajstić information content (AvgIpc) is 2.78. The summed E-state index contributed by atoms with van der Waals surface area (Å²) in [6.45, 7) is 1.79. The van der Waals surface area contributed by atoms with Crippen molar-refractivity contribution in [3.05, 3.63) is 59.4 Å². The lowest BCUT2D eigenvalue weighted by molar-refractivity contribution is 0.599. The predicted molar refractivity (Wildman–Crippen MR) is 120 cm³/mol. The van der Waals surface area contributed by atoms with Crippen LogP contribution in [0.2, 0.25) is 0 Å². The van der Waals surface area contributed by atoms with Crippen molar-refractivity contribution >= 4 is 33.3 Å². The molecule has 1 aromatic carbocycles. The summed E-state index contributed by atoms with van der Waals surface area (Å²) < 4.78 is 39.1. The maximum atomic E-state index is 14.3. The number of halogens is 1. The Morgan fingerprint density at radius 2 is 2.00 bits per heavy atom. The number of fused-ring (bicyclic) bond motifs is 1. The Labute approximate surface area is 185 Å². The second-order valence-corrected chi connectivity index (χ2v) is 9.35. The molecule has 1 aliphatic heterocycles. The summed E-state index contributed by atoms with van der Waals surface area (Å²) in [5.74, 6) is -0.300. The fourth-order valence-electron chi connectivity index (χ4n) is 3.31. The van der Waals surface area contributed by atoms with Crippen LogP contribution in [0.1, 0.15) is 16.8 Å². The number of sulfonamides is 1. The van der Waals surface area contributed by atoms with Gasteiger partial charge in [-0.15, -0.1) is 0 Å². The first-order chi connectivity index (χ1) is 15.3. The van der Waals surface area contributed by atoms with Crippen LogP contribution in [-0.4, -0.2) is 48.2 Å². The van der Waals surface area contributed by atoms with E-state index in [0.717, 1.165) is 42.0 Å². The van der Waals surface area contributed by atoms with Crippen LogP contribution in [0, 0.1) is 5.82 Å². The van der Waals surface area contributed by atoms with Crippen molar-refractivity contribution in [2.45, 2.75) is 19.5 Å². The molecule has 2 aromatic heterocycles. The standard InChI is InChI=1S/C20H23FN8O2S/c1-29(32(2,30)31)19-17(23-7-8-24-19)12-25-18-16(21)11-26-20(28-18)27-15-4-3-14-10-22-6-5-13(14)9-15/h3-4,7-9,11,22H,5-6,10,12H2,1-2H3,(H2,25,26,27,28). The molecule has 0 atom stereocenters. The van der Waals surface area contributed by atoms with Gasteiger partial charge in [-0.05, 0) is 36.2 Å². The molecule has 3 N–H and O–H groups in total. The molecule has 0 saturated heterocycles. The Hall–Kier alpha value is -3.38. The molecule has 0 fully saturated rings. The van der Waals surface area contributed by atoms with E-state index in [1.165, 1.54) is 30.6 Å². The smallest absolute Gasteiger partial charge is 0.233 e. The zero-order valence-corrected chi connectivity index (χ0v) is 18.4. The summed E-state index contributed by atoms with van der Waals surface area (Å²) in [6, 6.07) is 6.02. The molecule has 0 unspecified atom stereocenters. The molecule has 0 aliphatic carbocycles. The van der Waals surface area contributed by atoms with Crippen molar-refractivity contribution in [2.24, 2.45) is 0 Å². The number of hydrogen-bond donors (Lipinski definition) is 3. The third kappa shape index (κ3) is 4.92. The molecule has 0 saturated carbocycles. The number of nitrogens with one attached hydrogen (secondary N) is 3. The molecule has 10 nitrogen and oxygen atoms in total. The average molecular weight is 459 g/mol. The highest BCUT2D eigenvalue weighted by Crippen LogP contribution is 2.23. The third-order valence-electron chi connectivity index (χ3n) is 5.06. The molecule has 12 heteroatoms. The number of rotatable bonds is 7. The summed E-state index contributed by atoms with van der Waals surface area (Å²) in [4.78, 5) is 16.5. The Bertz CT molecular complexity index is 1240. The lowest BCUT2D eigenvalue weighted by Gasteiger charge is -2.18. The lowest BCUT2D eigenvalue weighted by atomic mass is 10.0. The van der Waals surface area contributed by atoms with Crippen molar-refractivity contribution in [1.82, 2.24) is 25.3 Å². The van der Waals surface area contributed by atoms with Gasteiger partial charge in [0.25, 0.3) is 0 Å². The van der Waals surface area contributed by atoms with Crippen LogP contribution >= 0.6 is 0 Å². The maximum Gasteiger partial charge on any atom is 0.233 e. The zero-order valence-electron chi connectivity index (χ0n) is 17.6. The van der Waals surface area contributed by atoms with Crippen LogP contribution in [-0.2, 0) is 29.5 Å². The summed E-state index contributed by atoms with van der Waals surface area (Å²) in [7, 11) is -2.15. The van der Waals surface area contributed by atoms with Gasteiger partial charge in [-0.3, -0.25) is 9.29 Å². The zero-order chi connectivity index (χ0) is 22.7. The van der Waals surface area contributed by atoms with E-state index >= 15 is 0 Å². The topological polar surface area (TPSA) is 125 Å². The lowest BCUT2D eigenvalue weighted by Crippen LogP contribution is -2.27. The summed E-state index contributed by atoms with van der Waals surface area (Å²) in [5.41, 5.74) is 3.65. The number of anilines is 4. The van der Waals surface area contributed by atoms with Gasteiger partial charge in [-0.25, -0.2) is 22.8 Å². The molecule has 0 spiro atoms. The minimum Gasteiger partial charge on any atom is -0.362 e. The van der Waals surface area contributed by atoms with Crippen molar-refractivity contribution in [3.8, 4) is 0 Å². The van der Waals surface area contributed by atoms with Crippen molar-refractivity contribution in [2.75, 3.05) is 34.8 Å². The number of aromatic nitrogens is 4. The molecule has 0 amide bonds. The second kappa shape index (κ2) is 9.01. The van der Waals surface area contributed by atoms with Crippen molar-refractivity contribution < 1.29 is 12.8 Å². The van der Waals surface area contributed by atoms with E-state index in [4.69, 9.17) is 0 Å². The molecular weight excluding hydrogens is 435 g/mol. The Balaban J connectivity index is 1.51. The van der Waals surface area contributed by atoms with Gasteiger partial charge in [0.15, 0.2) is 17.5 Å². The quantitative estimate of drug-likeness (QED) is 0.486. The highest BCUT2D eigenvalue weighted by atomic mass is 32.2. The van der Waals surface area contributed by atoms with E-state index in [0.29, 0.717) is 5.69 Å². The molecule has 3 heterocycles. The van der Waals surface area contributed by atoms with Crippen molar-refractivity contribution in [3.63, 3.8) is 0 Å². The molecular formula is C20H23FN8O2S. The van der Waals surface area contributed by atoms with Gasteiger partial charge in [0.1, 0.15) is 5.69 Å². The Morgan fingerprint density at radius 1 is 1.19 bits per heavy atom. The van der Waals surface area contributed by atoms with E-state index < -0.39 is 15.8 Å². The Morgan fingerprint density at radius 3 is 2.81 bits per heavy atom. The van der Waals surface area contributed by atoms with Crippen LogP contribution in [0.3, 0.4) is 0 Å². The summed E-state index contributed by atoms with van der Waals surface area (Å²) in [5, 5.41) is 9.29. The van der Waals surface area contributed by atoms with Crippen LogP contribution in [0.5, 0.6) is 0 Å². The van der Waals surface area contributed by atoms with Crippen LogP contribution in [0.4, 0.5) is 27.7 Å². The molecule has 0 bridgehead atoms. The highest BCUT2D eigenvalue weighted by molar-refractivity contribution is 7.92. The minimum absolute atomic E-state index is 0.0161. The fraction of sp³-hybridized carbons (Fsp3) is 0.300. The normalized spacial score (nSPS) is 13.3. The van der Waals surface area contributed by atoms with E-state index in [2.05, 4.69) is 35.9 Å². The van der Waals surface area contributed by atoms with Gasteiger partial charge in [0, 0.05) is 31.7 Å². The van der Waals surface area contributed by atoms with Gasteiger partial charge < -0.3 is 16.0 Å². The van der Waals surface area contributed by atoms with Crippen molar-refractivity contribution in [1.29, 1.82) is 0 Å². The summed E-state index contributed by atoms with van der Waals surface area (Å²) in [6.07, 6.45) is 5.90. The number of nitrogens with zero attached hydrogens (tertiary/aromatic N) is 5. The number of hydrogen-bond acceptors (Lipinski definition) is 9. The fourth-order valence-corrected chi connectivity index (χ4v) is 3.77. The molecule has 168 valence electrons. The highest BCUT2D eigenvalue weighted by Gasteiger charge is 2.18. The minimum atomic E-state index is -3.53. The molecule has 0 radical (unpaired) electrons. The third-order valence-corrected chi connectivity index (χ3v) is 6.23. The molecule has 1 aliphatic rings. The van der Waals surface area contributed by atoms with E-state index in [1.54, 1.807) is 0 Å². The number of benzene rings is 1. The molecule has 32 heavy (non-hydrogen) atoms. The predicted octanol–water partition coefficient (Wildman–Crippen LogP) is 1.80. The molecule has 3 aromatic rings. The largest absolute Gasteiger partial charge is 0.362 e.